The molecule has 0 spiro atoms. The average Bonchev–Trinajstić information content (AvgIpc) is 2.41. The molecule has 0 aromatic heterocycles. The summed E-state index contributed by atoms with van der Waals surface area (Å²) in [6.07, 6.45) is -4.26. The molecular weight excluding hydrogens is 258 g/mol. The number of hydrogen-bond acceptors (Lipinski definition) is 7. The lowest BCUT2D eigenvalue weighted by atomic mass is 10.0. The summed E-state index contributed by atoms with van der Waals surface area (Å²) in [5, 5.41) is 44.2. The van der Waals surface area contributed by atoms with Gasteiger partial charge < -0.3 is 30.1 Å². The van der Waals surface area contributed by atoms with Gasteiger partial charge in [0, 0.05) is 6.42 Å². The number of rotatable bonds is 6. The van der Waals surface area contributed by atoms with Crippen LogP contribution in [0.25, 0.3) is 0 Å². The molecule has 19 heavy (non-hydrogen) atoms. The zero-order chi connectivity index (χ0) is 14.4. The molecule has 9 heteroatoms. The lowest BCUT2D eigenvalue weighted by molar-refractivity contribution is -0.712. The first-order valence-electron chi connectivity index (χ1n) is 6.24. The molecule has 9 nitrogen and oxygen atoms in total. The predicted octanol–water partition coefficient (Wildman–Crippen LogP) is -1.03. The third-order valence-corrected chi connectivity index (χ3v) is 2.92. The van der Waals surface area contributed by atoms with E-state index in [1.807, 2.05) is 0 Å². The van der Waals surface area contributed by atoms with Crippen LogP contribution in [0.5, 0.6) is 0 Å². The van der Waals surface area contributed by atoms with Crippen LogP contribution in [0, 0.1) is 5.21 Å². The van der Waals surface area contributed by atoms with Crippen LogP contribution in [0.3, 0.4) is 0 Å². The second-order valence-corrected chi connectivity index (χ2v) is 4.16. The van der Waals surface area contributed by atoms with Gasteiger partial charge in [-0.2, -0.15) is 0 Å². The summed E-state index contributed by atoms with van der Waals surface area (Å²) < 4.78 is 5.16. The molecule has 0 aliphatic carbocycles. The Bertz CT molecular complexity index is 299. The Kier molecular flexibility index (Phi) is 6.22. The predicted molar refractivity (Wildman–Crippen MR) is 62.4 cm³/mol. The Labute approximate surface area is 111 Å². The molecule has 0 amide bonds. The Balaban J connectivity index is 2.55. The minimum absolute atomic E-state index is 0.0345. The highest BCUT2D eigenvalue weighted by Gasteiger charge is 2.38. The van der Waals surface area contributed by atoms with Crippen molar-refractivity contribution < 1.29 is 29.9 Å². The molecule has 0 aromatic carbocycles. The number of hydrazine groups is 1. The second kappa shape index (κ2) is 7.43. The van der Waals surface area contributed by atoms with Crippen molar-refractivity contribution >= 4 is 0 Å². The molecular formula is C10H21N3O6. The standard InChI is InChI=1S/C10H21N3O6/c1-3-12(4-2)13(17)11-19-9-5-7(15)10(16)8(6-14)18-9/h7-10,14-16H,3-6H2,1-2H3/b13-11-/t7-,8-,9+,10+/m1/s1. The van der Waals surface area contributed by atoms with E-state index in [0.717, 1.165) is 0 Å². The van der Waals surface area contributed by atoms with Gasteiger partial charge in [0.1, 0.15) is 12.2 Å². The molecule has 0 saturated carbocycles. The number of nitrogens with zero attached hydrogens (tertiary/aromatic N) is 3. The van der Waals surface area contributed by atoms with E-state index in [0.29, 0.717) is 18.1 Å². The largest absolute Gasteiger partial charge is 0.569 e. The second-order valence-electron chi connectivity index (χ2n) is 4.16. The maximum Gasteiger partial charge on any atom is 0.236 e. The topological polar surface area (TPSA) is 121 Å². The van der Waals surface area contributed by atoms with Gasteiger partial charge in [-0.15, -0.1) is 5.01 Å². The summed E-state index contributed by atoms with van der Waals surface area (Å²) in [6.45, 7) is 4.07. The van der Waals surface area contributed by atoms with Crippen molar-refractivity contribution in [2.45, 2.75) is 44.9 Å². The van der Waals surface area contributed by atoms with E-state index in [1.54, 1.807) is 13.8 Å². The van der Waals surface area contributed by atoms with Gasteiger partial charge in [0.2, 0.25) is 11.6 Å². The molecule has 0 radical (unpaired) electrons. The van der Waals surface area contributed by atoms with Crippen LogP contribution >= 0.6 is 0 Å². The minimum Gasteiger partial charge on any atom is -0.569 e. The quantitative estimate of drug-likeness (QED) is 0.323. The molecule has 0 aromatic rings. The average molecular weight is 279 g/mol. The van der Waals surface area contributed by atoms with Gasteiger partial charge in [-0.05, 0) is 13.8 Å². The van der Waals surface area contributed by atoms with E-state index < -0.39 is 31.2 Å². The fourth-order valence-corrected chi connectivity index (χ4v) is 1.74. The summed E-state index contributed by atoms with van der Waals surface area (Å²) in [5.74, 6) is 0. The van der Waals surface area contributed by atoms with Crippen LogP contribution < -0.4 is 0 Å². The first-order chi connectivity index (χ1) is 9.03. The zero-order valence-electron chi connectivity index (χ0n) is 11.0. The molecule has 1 aliphatic heterocycles. The van der Waals surface area contributed by atoms with Gasteiger partial charge in [0.25, 0.3) is 0 Å². The van der Waals surface area contributed by atoms with Crippen LogP contribution in [-0.4, -0.2) is 69.6 Å². The first-order valence-corrected chi connectivity index (χ1v) is 6.24. The summed E-state index contributed by atoms with van der Waals surface area (Å²) in [7, 11) is 0. The molecule has 112 valence electrons. The van der Waals surface area contributed by atoms with Crippen LogP contribution in [-0.2, 0) is 9.57 Å². The van der Waals surface area contributed by atoms with Crippen LogP contribution in [0.4, 0.5) is 0 Å². The SMILES string of the molecule is CCN(CC)/[N+]([O-])=N/O[C@H]1C[C@@H](O)[C@H](O)[C@@H](CO)O1. The molecule has 1 saturated heterocycles. The van der Waals surface area contributed by atoms with Gasteiger partial charge >= 0.3 is 0 Å². The molecule has 0 bridgehead atoms. The molecule has 0 unspecified atom stereocenters. The van der Waals surface area contributed by atoms with Crippen molar-refractivity contribution in [3.8, 4) is 0 Å². The molecule has 1 heterocycles. The van der Waals surface area contributed by atoms with Crippen molar-refractivity contribution in [2.24, 2.45) is 5.28 Å². The van der Waals surface area contributed by atoms with E-state index >= 15 is 0 Å². The highest BCUT2D eigenvalue weighted by Crippen LogP contribution is 2.21. The third-order valence-electron chi connectivity index (χ3n) is 2.92. The highest BCUT2D eigenvalue weighted by atomic mass is 16.8. The number of hydrogen-bond donors (Lipinski definition) is 3. The third kappa shape index (κ3) is 4.16. The van der Waals surface area contributed by atoms with Gasteiger partial charge in [-0.3, -0.25) is 0 Å². The van der Waals surface area contributed by atoms with Crippen molar-refractivity contribution in [3.63, 3.8) is 0 Å². The molecule has 3 N–H and O–H groups in total. The monoisotopic (exact) mass is 279 g/mol. The Morgan fingerprint density at radius 1 is 1.42 bits per heavy atom. The lowest BCUT2D eigenvalue weighted by Crippen LogP contribution is -2.50. The van der Waals surface area contributed by atoms with E-state index in [9.17, 15) is 15.4 Å². The van der Waals surface area contributed by atoms with Crippen LogP contribution in [0.15, 0.2) is 5.28 Å². The molecule has 1 fully saturated rings. The first kappa shape index (κ1) is 15.9. The van der Waals surface area contributed by atoms with E-state index in [-0.39, 0.29) is 6.42 Å². The van der Waals surface area contributed by atoms with Crippen molar-refractivity contribution in [1.29, 1.82) is 0 Å². The van der Waals surface area contributed by atoms with Crippen LogP contribution in [0.1, 0.15) is 20.3 Å². The Morgan fingerprint density at radius 2 is 2.05 bits per heavy atom. The summed E-state index contributed by atoms with van der Waals surface area (Å²) >= 11 is 0. The van der Waals surface area contributed by atoms with Gasteiger partial charge in [-0.1, -0.05) is 0 Å². The summed E-state index contributed by atoms with van der Waals surface area (Å²) in [4.78, 5) is 5.17. The van der Waals surface area contributed by atoms with Crippen molar-refractivity contribution in [3.05, 3.63) is 5.21 Å². The lowest BCUT2D eigenvalue weighted by Gasteiger charge is -2.34. The minimum atomic E-state index is -1.18. The molecule has 1 aliphatic rings. The highest BCUT2D eigenvalue weighted by molar-refractivity contribution is 4.81. The maximum atomic E-state index is 11.5. The summed E-state index contributed by atoms with van der Waals surface area (Å²) in [5.41, 5.74) is 0. The van der Waals surface area contributed by atoms with Gasteiger partial charge in [0.05, 0.1) is 30.8 Å². The maximum absolute atomic E-state index is 11.5. The van der Waals surface area contributed by atoms with E-state index in [1.165, 1.54) is 5.01 Å². The van der Waals surface area contributed by atoms with E-state index in [4.69, 9.17) is 14.7 Å². The Hall–Kier alpha value is -1.16. The number of aliphatic hydroxyl groups excluding tert-OH is 3. The van der Waals surface area contributed by atoms with Gasteiger partial charge in [0.15, 0.2) is 0 Å². The molecule has 4 atom stereocenters. The number of aliphatic hydroxyl groups is 3. The fraction of sp³-hybridized carbons (Fsp3) is 1.00. The normalized spacial score (nSPS) is 32.2. The van der Waals surface area contributed by atoms with E-state index in [2.05, 4.69) is 5.28 Å². The van der Waals surface area contributed by atoms with Crippen LogP contribution in [0.2, 0.25) is 0 Å². The molecule has 1 rings (SSSR count). The fourth-order valence-electron chi connectivity index (χ4n) is 1.74. The summed E-state index contributed by atoms with van der Waals surface area (Å²) in [6, 6.07) is 0. The smallest absolute Gasteiger partial charge is 0.236 e. The van der Waals surface area contributed by atoms with Crippen molar-refractivity contribution in [2.75, 3.05) is 19.7 Å². The van der Waals surface area contributed by atoms with Gasteiger partial charge in [-0.25, -0.2) is 0 Å². The number of ether oxygens (including phenoxy) is 1. The Morgan fingerprint density at radius 3 is 2.58 bits per heavy atom. The van der Waals surface area contributed by atoms with Crippen molar-refractivity contribution in [1.82, 2.24) is 5.01 Å². The zero-order valence-corrected chi connectivity index (χ0v) is 11.0.